The molecule has 1 aliphatic rings. The molecule has 0 spiro atoms. The highest BCUT2D eigenvalue weighted by Crippen LogP contribution is 2.29. The largest absolute Gasteiger partial charge is 0.340 e. The van der Waals surface area contributed by atoms with E-state index in [1.54, 1.807) is 11.8 Å². The number of thioether (sulfide) groups is 2. The van der Waals surface area contributed by atoms with Crippen molar-refractivity contribution >= 4 is 40.5 Å². The molecular formula is C14H17N3OS2. The van der Waals surface area contributed by atoms with E-state index in [-0.39, 0.29) is 5.91 Å². The first kappa shape index (κ1) is 13.8. The van der Waals surface area contributed by atoms with Crippen LogP contribution in [0.3, 0.4) is 0 Å². The number of rotatable bonds is 5. The van der Waals surface area contributed by atoms with Gasteiger partial charge < -0.3 is 9.88 Å². The third-order valence-corrected chi connectivity index (χ3v) is 5.33. The van der Waals surface area contributed by atoms with Gasteiger partial charge in [0.25, 0.3) is 0 Å². The lowest BCUT2D eigenvalue weighted by Gasteiger charge is -2.22. The second-order valence-electron chi connectivity index (χ2n) is 4.77. The number of hydrogen-bond acceptors (Lipinski definition) is 4. The quantitative estimate of drug-likeness (QED) is 0.923. The van der Waals surface area contributed by atoms with Crippen LogP contribution in [0.25, 0.3) is 11.0 Å². The van der Waals surface area contributed by atoms with Crippen LogP contribution in [0.1, 0.15) is 12.2 Å². The zero-order valence-electron chi connectivity index (χ0n) is 11.3. The lowest BCUT2D eigenvalue weighted by Crippen LogP contribution is -2.32. The molecule has 1 N–H and O–H groups in total. The summed E-state index contributed by atoms with van der Waals surface area (Å²) in [5.74, 6) is 2.78. The number of hydrogen-bond donors (Lipinski definition) is 1. The number of carbonyl (C=O) groups excluding carboxylic acids is 1. The molecule has 1 saturated heterocycles. The van der Waals surface area contributed by atoms with Crippen LogP contribution in [-0.2, 0) is 11.3 Å². The fraction of sp³-hybridized carbons (Fsp3) is 0.429. The number of carbonyl (C=O) groups is 1. The summed E-state index contributed by atoms with van der Waals surface area (Å²) < 4.78 is 0. The van der Waals surface area contributed by atoms with E-state index in [4.69, 9.17) is 0 Å². The van der Waals surface area contributed by atoms with Gasteiger partial charge >= 0.3 is 0 Å². The van der Waals surface area contributed by atoms with Gasteiger partial charge in [-0.05, 0) is 30.6 Å². The van der Waals surface area contributed by atoms with E-state index in [1.807, 2.05) is 40.9 Å². The zero-order valence-corrected chi connectivity index (χ0v) is 13.0. The maximum Gasteiger partial charge on any atom is 0.233 e. The Labute approximate surface area is 126 Å². The average Bonchev–Trinajstić information content (AvgIpc) is 3.01. The highest BCUT2D eigenvalue weighted by Gasteiger charge is 2.31. The Hall–Kier alpha value is -1.14. The number of nitrogens with one attached hydrogen (secondary N) is 1. The molecule has 3 rings (SSSR count). The summed E-state index contributed by atoms with van der Waals surface area (Å²) >= 11 is 3.57. The Morgan fingerprint density at radius 1 is 1.50 bits per heavy atom. The fourth-order valence-corrected chi connectivity index (χ4v) is 4.16. The summed E-state index contributed by atoms with van der Waals surface area (Å²) in [4.78, 5) is 21.8. The molecule has 1 fully saturated rings. The number of benzene rings is 1. The topological polar surface area (TPSA) is 49.0 Å². The van der Waals surface area contributed by atoms with Crippen molar-refractivity contribution in [3.8, 4) is 0 Å². The minimum absolute atomic E-state index is 0.224. The Morgan fingerprint density at radius 3 is 3.15 bits per heavy atom. The number of imidazole rings is 1. The number of nitrogens with zero attached hydrogens (tertiary/aromatic N) is 2. The van der Waals surface area contributed by atoms with Gasteiger partial charge in [0.05, 0.1) is 28.7 Å². The predicted octanol–water partition coefficient (Wildman–Crippen LogP) is 2.72. The molecule has 2 aromatic rings. The van der Waals surface area contributed by atoms with E-state index < -0.39 is 0 Å². The maximum atomic E-state index is 12.0. The molecule has 20 heavy (non-hydrogen) atoms. The highest BCUT2D eigenvalue weighted by atomic mass is 32.2. The molecule has 1 amide bonds. The van der Waals surface area contributed by atoms with Crippen LogP contribution in [0.4, 0.5) is 0 Å². The summed E-state index contributed by atoms with van der Waals surface area (Å²) in [6, 6.07) is 7.96. The van der Waals surface area contributed by atoms with Crippen LogP contribution in [0, 0.1) is 0 Å². The van der Waals surface area contributed by atoms with Crippen LogP contribution in [0.5, 0.6) is 0 Å². The first-order valence-electron chi connectivity index (χ1n) is 6.61. The number of amides is 1. The van der Waals surface area contributed by atoms with Crippen LogP contribution in [0.2, 0.25) is 0 Å². The van der Waals surface area contributed by atoms with Crippen molar-refractivity contribution in [2.75, 3.05) is 17.8 Å². The van der Waals surface area contributed by atoms with Crippen molar-refractivity contribution in [1.29, 1.82) is 0 Å². The molecule has 0 aliphatic carbocycles. The van der Waals surface area contributed by atoms with Gasteiger partial charge in [0.1, 0.15) is 5.82 Å². The van der Waals surface area contributed by atoms with E-state index in [2.05, 4.69) is 16.2 Å². The Kier molecular flexibility index (Phi) is 4.21. The highest BCUT2D eigenvalue weighted by molar-refractivity contribution is 8.01. The third-order valence-electron chi connectivity index (χ3n) is 3.39. The number of fused-ring (bicyclic) bond motifs is 1. The van der Waals surface area contributed by atoms with Crippen molar-refractivity contribution < 1.29 is 4.79 Å². The van der Waals surface area contributed by atoms with Crippen molar-refractivity contribution in [3.05, 3.63) is 30.1 Å². The van der Waals surface area contributed by atoms with Crippen LogP contribution in [0.15, 0.2) is 24.3 Å². The van der Waals surface area contributed by atoms with Gasteiger partial charge in [0.2, 0.25) is 5.91 Å². The molecule has 106 valence electrons. The first-order valence-corrected chi connectivity index (χ1v) is 9.06. The minimum Gasteiger partial charge on any atom is -0.340 e. The van der Waals surface area contributed by atoms with Gasteiger partial charge in [-0.3, -0.25) is 4.79 Å². The van der Waals surface area contributed by atoms with Crippen LogP contribution < -0.4 is 0 Å². The number of para-hydroxylation sites is 2. The Morgan fingerprint density at radius 2 is 2.35 bits per heavy atom. The monoisotopic (exact) mass is 307 g/mol. The predicted molar refractivity (Wildman–Crippen MR) is 85.9 cm³/mol. The van der Waals surface area contributed by atoms with E-state index in [9.17, 15) is 4.79 Å². The smallest absolute Gasteiger partial charge is 0.233 e. The van der Waals surface area contributed by atoms with Crippen molar-refractivity contribution in [1.82, 2.24) is 14.9 Å². The van der Waals surface area contributed by atoms with E-state index in [1.165, 1.54) is 0 Å². The summed E-state index contributed by atoms with van der Waals surface area (Å²) in [5, 5.41) is 0.295. The number of H-pyrrole nitrogens is 1. The van der Waals surface area contributed by atoms with E-state index in [0.717, 1.165) is 29.0 Å². The second-order valence-corrected chi connectivity index (χ2v) is 6.92. The lowest BCUT2D eigenvalue weighted by molar-refractivity contribution is -0.128. The summed E-state index contributed by atoms with van der Waals surface area (Å²) in [7, 11) is 0. The molecule has 2 heterocycles. The third kappa shape index (κ3) is 2.81. The first-order chi connectivity index (χ1) is 9.78. The van der Waals surface area contributed by atoms with E-state index in [0.29, 0.717) is 17.7 Å². The summed E-state index contributed by atoms with van der Waals surface area (Å²) in [6.07, 6.45) is 3.14. The molecular weight excluding hydrogens is 290 g/mol. The number of aromatic amines is 1. The van der Waals surface area contributed by atoms with Gasteiger partial charge in [-0.15, -0.1) is 11.8 Å². The standard InChI is InChI=1S/C14H17N3OS2/c1-19-7-6-14-17(13(18)9-20-14)8-12-15-10-4-2-3-5-11(10)16-12/h2-5,14H,6-9H2,1H3,(H,15,16). The van der Waals surface area contributed by atoms with Crippen molar-refractivity contribution in [2.45, 2.75) is 18.3 Å². The van der Waals surface area contributed by atoms with Crippen LogP contribution >= 0.6 is 23.5 Å². The molecule has 0 saturated carbocycles. The maximum absolute atomic E-state index is 12.0. The molecule has 1 aromatic heterocycles. The Bertz CT molecular complexity index is 580. The Balaban J connectivity index is 1.75. The van der Waals surface area contributed by atoms with Crippen LogP contribution in [-0.4, -0.2) is 43.9 Å². The lowest BCUT2D eigenvalue weighted by atomic mass is 10.3. The fourth-order valence-electron chi connectivity index (χ4n) is 2.39. The summed E-state index contributed by atoms with van der Waals surface area (Å²) in [5.41, 5.74) is 1.99. The molecule has 1 atom stereocenters. The molecule has 1 aromatic carbocycles. The van der Waals surface area contributed by atoms with Gasteiger partial charge in [-0.1, -0.05) is 12.1 Å². The molecule has 4 nitrogen and oxygen atoms in total. The van der Waals surface area contributed by atoms with Crippen molar-refractivity contribution in [3.63, 3.8) is 0 Å². The SMILES string of the molecule is CSCCC1SCC(=O)N1Cc1nc2ccccc2[nH]1. The number of aromatic nitrogens is 2. The normalized spacial score (nSPS) is 19.1. The zero-order chi connectivity index (χ0) is 13.9. The van der Waals surface area contributed by atoms with E-state index >= 15 is 0 Å². The van der Waals surface area contributed by atoms with Crippen molar-refractivity contribution in [2.24, 2.45) is 0 Å². The molecule has 0 radical (unpaired) electrons. The van der Waals surface area contributed by atoms with Gasteiger partial charge in [0.15, 0.2) is 0 Å². The molecule has 6 heteroatoms. The molecule has 1 unspecified atom stereocenters. The van der Waals surface area contributed by atoms with Gasteiger partial charge in [0, 0.05) is 0 Å². The summed E-state index contributed by atoms with van der Waals surface area (Å²) in [6.45, 7) is 0.583. The molecule has 0 bridgehead atoms. The minimum atomic E-state index is 0.224. The molecule has 1 aliphatic heterocycles. The van der Waals surface area contributed by atoms with Gasteiger partial charge in [-0.25, -0.2) is 4.98 Å². The van der Waals surface area contributed by atoms with Gasteiger partial charge in [-0.2, -0.15) is 11.8 Å². The average molecular weight is 307 g/mol. The second kappa shape index (κ2) is 6.10.